The SMILES string of the molecule is CCN=C(/C=C(/C)N)C(=O)Nc1nc2cc(C)cc(OCCCC(=O)N(C)NC)c2n1C/C=C/Cn1c(=NC(=O)c2cc(C)nn2CC)sc2cc(C(N)=O)cnc21. The Labute approximate surface area is 339 Å². The van der Waals surface area contributed by atoms with Crippen LogP contribution in [0.15, 0.2) is 64.4 Å². The van der Waals surface area contributed by atoms with E-state index in [0.29, 0.717) is 68.5 Å². The number of nitrogens with zero attached hydrogens (tertiary/aromatic N) is 9. The number of fused-ring (bicyclic) bond motifs is 2. The first kappa shape index (κ1) is 42.7. The molecule has 0 aliphatic carbocycles. The predicted octanol–water partition coefficient (Wildman–Crippen LogP) is 3.39. The van der Waals surface area contributed by atoms with Gasteiger partial charge in [-0.05, 0) is 76.9 Å². The zero-order valence-electron chi connectivity index (χ0n) is 33.7. The van der Waals surface area contributed by atoms with Crippen LogP contribution in [0.25, 0.3) is 21.4 Å². The average Bonchev–Trinajstić information content (AvgIpc) is 3.85. The molecule has 4 aromatic heterocycles. The molecule has 0 saturated heterocycles. The molecule has 0 radical (unpaired) electrons. The molecule has 0 fully saturated rings. The number of aromatic nitrogens is 6. The van der Waals surface area contributed by atoms with Crippen LogP contribution in [-0.2, 0) is 29.2 Å². The van der Waals surface area contributed by atoms with E-state index in [4.69, 9.17) is 21.2 Å². The third-order valence-corrected chi connectivity index (χ3v) is 9.78. The highest BCUT2D eigenvalue weighted by Crippen LogP contribution is 2.31. The van der Waals surface area contributed by atoms with Crippen LogP contribution < -0.4 is 31.7 Å². The van der Waals surface area contributed by atoms with Crippen molar-refractivity contribution in [3.05, 3.63) is 81.7 Å². The van der Waals surface area contributed by atoms with Crippen LogP contribution in [0.3, 0.4) is 0 Å². The Hall–Kier alpha value is -6.47. The van der Waals surface area contributed by atoms with Gasteiger partial charge in [0.2, 0.25) is 17.8 Å². The molecule has 0 saturated carbocycles. The quantitative estimate of drug-likeness (QED) is 0.0462. The summed E-state index contributed by atoms with van der Waals surface area (Å²) in [6, 6.07) is 7.10. The molecule has 0 unspecified atom stereocenters. The van der Waals surface area contributed by atoms with Gasteiger partial charge in [0.05, 0.1) is 28.1 Å². The van der Waals surface area contributed by atoms with E-state index in [9.17, 15) is 19.2 Å². The maximum atomic E-state index is 13.6. The van der Waals surface area contributed by atoms with Crippen molar-refractivity contribution in [3.63, 3.8) is 0 Å². The Balaban J connectivity index is 1.53. The van der Waals surface area contributed by atoms with Crippen LogP contribution in [-0.4, -0.2) is 90.5 Å². The molecule has 4 amide bonds. The lowest BCUT2D eigenvalue weighted by atomic mass is 10.2. The molecule has 18 nitrogen and oxygen atoms in total. The molecule has 19 heteroatoms. The van der Waals surface area contributed by atoms with Gasteiger partial charge in [0.15, 0.2) is 10.4 Å². The summed E-state index contributed by atoms with van der Waals surface area (Å²) in [5.74, 6) is -0.891. The summed E-state index contributed by atoms with van der Waals surface area (Å²) in [6.45, 7) is 10.7. The van der Waals surface area contributed by atoms with E-state index in [-0.39, 0.29) is 49.2 Å². The zero-order valence-corrected chi connectivity index (χ0v) is 34.5. The fraction of sp³-hybridized carbons (Fsp3) is 0.359. The number of hydrazine groups is 1. The van der Waals surface area contributed by atoms with Crippen LogP contribution in [0.4, 0.5) is 5.95 Å². The molecular formula is C39H49N13O5S. The fourth-order valence-electron chi connectivity index (χ4n) is 5.98. The summed E-state index contributed by atoms with van der Waals surface area (Å²) in [6.07, 6.45) is 7.40. The topological polar surface area (TPSA) is 235 Å². The van der Waals surface area contributed by atoms with Gasteiger partial charge in [-0.2, -0.15) is 10.1 Å². The van der Waals surface area contributed by atoms with Crippen molar-refractivity contribution < 1.29 is 23.9 Å². The summed E-state index contributed by atoms with van der Waals surface area (Å²) in [5, 5.41) is 8.71. The van der Waals surface area contributed by atoms with Crippen molar-refractivity contribution in [2.75, 3.05) is 32.6 Å². The molecule has 0 spiro atoms. The highest BCUT2D eigenvalue weighted by Gasteiger charge is 2.20. The standard InChI is InChI=1S/C39H49N13O5S/c1-8-43-28(19-24(4)40)36(55)46-38-45-27-17-23(3)18-30(57-16-12-13-32(53)49(7)42-6)33(27)50(38)14-10-11-15-51-35-31(21-26(22-44-35)34(41)54)58-39(51)47-37(56)29-20-25(5)48-52(29)9-2/h10-11,17-22,42H,8-9,12-16,40H2,1-7H3,(H2,41,54)(H,45,46,55)/b11-10+,24-19-,43-28?,47-39?. The van der Waals surface area contributed by atoms with Gasteiger partial charge in [-0.15, -0.1) is 0 Å². The number of benzene rings is 1. The Bertz CT molecular complexity index is 2520. The normalized spacial score (nSPS) is 12.6. The molecular weight excluding hydrogens is 763 g/mol. The molecule has 0 bridgehead atoms. The van der Waals surface area contributed by atoms with Gasteiger partial charge >= 0.3 is 0 Å². The molecule has 4 heterocycles. The number of carbonyl (C=O) groups is 4. The third-order valence-electron chi connectivity index (χ3n) is 8.77. The molecule has 58 heavy (non-hydrogen) atoms. The number of ether oxygens (including phenoxy) is 1. The third kappa shape index (κ3) is 10.1. The smallest absolute Gasteiger partial charge is 0.297 e. The van der Waals surface area contributed by atoms with Crippen LogP contribution in [0.2, 0.25) is 0 Å². The molecule has 5 rings (SSSR count). The first-order valence-corrected chi connectivity index (χ1v) is 19.5. The number of aryl methyl sites for hydroxylation is 3. The molecule has 0 aliphatic rings. The van der Waals surface area contributed by atoms with Gasteiger partial charge < -0.3 is 20.8 Å². The second-order valence-electron chi connectivity index (χ2n) is 13.3. The van der Waals surface area contributed by atoms with Crippen LogP contribution in [0.1, 0.15) is 65.7 Å². The van der Waals surface area contributed by atoms with Gasteiger partial charge in [-0.1, -0.05) is 23.5 Å². The average molecular weight is 812 g/mol. The minimum absolute atomic E-state index is 0.0743. The minimum atomic E-state index is -0.628. The van der Waals surface area contributed by atoms with E-state index in [1.54, 1.807) is 42.4 Å². The van der Waals surface area contributed by atoms with Crippen molar-refractivity contribution in [3.8, 4) is 5.75 Å². The maximum Gasteiger partial charge on any atom is 0.297 e. The van der Waals surface area contributed by atoms with Crippen LogP contribution in [0, 0.1) is 13.8 Å². The summed E-state index contributed by atoms with van der Waals surface area (Å²) < 4.78 is 12.1. The first-order chi connectivity index (χ1) is 27.7. The number of hydrogen-bond donors (Lipinski definition) is 4. The molecule has 0 atom stereocenters. The van der Waals surface area contributed by atoms with Crippen LogP contribution >= 0.6 is 11.3 Å². The van der Waals surface area contributed by atoms with Crippen molar-refractivity contribution in [2.45, 2.75) is 67.1 Å². The number of hydrogen-bond acceptors (Lipinski definition) is 12. The Morgan fingerprint density at radius 1 is 1.05 bits per heavy atom. The van der Waals surface area contributed by atoms with E-state index in [1.165, 1.54) is 28.6 Å². The number of pyridine rings is 1. The van der Waals surface area contributed by atoms with Gasteiger partial charge in [-0.3, -0.25) is 43.7 Å². The lowest BCUT2D eigenvalue weighted by molar-refractivity contribution is -0.132. The number of carbonyl (C=O) groups excluding carboxylic acids is 4. The van der Waals surface area contributed by atoms with E-state index in [2.05, 4.69) is 30.8 Å². The monoisotopic (exact) mass is 811 g/mol. The highest BCUT2D eigenvalue weighted by molar-refractivity contribution is 7.16. The minimum Gasteiger partial charge on any atom is -0.491 e. The van der Waals surface area contributed by atoms with Crippen molar-refractivity contribution in [1.29, 1.82) is 0 Å². The Morgan fingerprint density at radius 2 is 1.79 bits per heavy atom. The number of primary amides is 1. The lowest BCUT2D eigenvalue weighted by Crippen LogP contribution is -2.36. The first-order valence-electron chi connectivity index (χ1n) is 18.7. The van der Waals surface area contributed by atoms with Crippen LogP contribution in [0.5, 0.6) is 5.75 Å². The Morgan fingerprint density at radius 3 is 2.47 bits per heavy atom. The number of nitrogens with one attached hydrogen (secondary N) is 2. The largest absolute Gasteiger partial charge is 0.491 e. The summed E-state index contributed by atoms with van der Waals surface area (Å²) >= 11 is 1.20. The highest BCUT2D eigenvalue weighted by atomic mass is 32.1. The number of rotatable bonds is 17. The van der Waals surface area contributed by atoms with Gasteiger partial charge in [0.1, 0.15) is 22.7 Å². The number of anilines is 1. The number of thiazole rings is 1. The molecule has 5 aromatic rings. The summed E-state index contributed by atoms with van der Waals surface area (Å²) in [7, 11) is 3.33. The number of aliphatic imine (C=N–C) groups is 1. The molecule has 1 aromatic carbocycles. The molecule has 6 N–H and O–H groups in total. The fourth-order valence-corrected chi connectivity index (χ4v) is 7.02. The van der Waals surface area contributed by atoms with E-state index >= 15 is 0 Å². The maximum absolute atomic E-state index is 13.6. The molecule has 306 valence electrons. The van der Waals surface area contributed by atoms with Gasteiger partial charge in [0, 0.05) is 58.6 Å². The Kier molecular flexibility index (Phi) is 14.1. The number of amides is 4. The summed E-state index contributed by atoms with van der Waals surface area (Å²) in [4.78, 5) is 69.8. The van der Waals surface area contributed by atoms with Crippen molar-refractivity contribution >= 4 is 68.0 Å². The van der Waals surface area contributed by atoms with E-state index in [0.717, 1.165) is 5.56 Å². The predicted molar refractivity (Wildman–Crippen MR) is 223 cm³/mol. The van der Waals surface area contributed by atoms with Crippen molar-refractivity contribution in [2.24, 2.45) is 21.5 Å². The van der Waals surface area contributed by atoms with E-state index < -0.39 is 17.7 Å². The number of imidazole rings is 1. The van der Waals surface area contributed by atoms with Crippen molar-refractivity contribution in [1.82, 2.24) is 39.3 Å². The number of allylic oxidation sites excluding steroid dienone is 3. The molecule has 0 aliphatic heterocycles. The van der Waals surface area contributed by atoms with E-state index in [1.807, 2.05) is 56.5 Å². The van der Waals surface area contributed by atoms with Gasteiger partial charge in [0.25, 0.3) is 11.8 Å². The second-order valence-corrected chi connectivity index (χ2v) is 14.3. The zero-order chi connectivity index (χ0) is 42.1. The number of nitrogens with two attached hydrogens (primary N) is 2. The second kappa shape index (κ2) is 19.1. The van der Waals surface area contributed by atoms with Gasteiger partial charge in [-0.25, -0.2) is 15.4 Å². The summed E-state index contributed by atoms with van der Waals surface area (Å²) in [5.41, 5.74) is 18.7. The lowest BCUT2D eigenvalue weighted by Gasteiger charge is -2.15.